The Hall–Kier alpha value is -3.98. The van der Waals surface area contributed by atoms with Gasteiger partial charge < -0.3 is 9.47 Å². The van der Waals surface area contributed by atoms with Crippen molar-refractivity contribution in [1.29, 1.82) is 0 Å². The van der Waals surface area contributed by atoms with Gasteiger partial charge in [-0.3, -0.25) is 4.72 Å². The molecule has 0 fully saturated rings. The lowest BCUT2D eigenvalue weighted by Gasteiger charge is -2.14. The van der Waals surface area contributed by atoms with E-state index in [9.17, 15) is 8.42 Å². The molecule has 1 N–H and O–H groups in total. The summed E-state index contributed by atoms with van der Waals surface area (Å²) >= 11 is 0. The first kappa shape index (κ1) is 22.2. The van der Waals surface area contributed by atoms with E-state index >= 15 is 0 Å². The minimum atomic E-state index is -3.51. The number of hydrogen-bond donors (Lipinski definition) is 1. The van der Waals surface area contributed by atoms with Crippen LogP contribution in [0.3, 0.4) is 0 Å². The van der Waals surface area contributed by atoms with E-state index in [1.807, 2.05) is 48.5 Å². The van der Waals surface area contributed by atoms with E-state index in [4.69, 9.17) is 14.5 Å². The zero-order valence-electron chi connectivity index (χ0n) is 18.3. The Morgan fingerprint density at radius 1 is 0.636 bits per heavy atom. The zero-order chi connectivity index (χ0) is 23.4. The van der Waals surface area contributed by atoms with Crippen molar-refractivity contribution >= 4 is 15.7 Å². The van der Waals surface area contributed by atoms with E-state index in [0.717, 1.165) is 6.26 Å². The first-order chi connectivity index (χ1) is 15.9. The number of para-hydroxylation sites is 3. The predicted octanol–water partition coefficient (Wildman–Crippen LogP) is 4.26. The molecular formula is C24H22N4O4S. The van der Waals surface area contributed by atoms with Crippen LogP contribution in [0.1, 0.15) is 0 Å². The molecule has 0 unspecified atom stereocenters. The Balaban J connectivity index is 1.99. The molecule has 0 saturated carbocycles. The van der Waals surface area contributed by atoms with E-state index in [1.54, 1.807) is 38.5 Å². The van der Waals surface area contributed by atoms with Crippen molar-refractivity contribution in [3.8, 4) is 45.7 Å². The molecule has 0 spiro atoms. The third-order valence-electron chi connectivity index (χ3n) is 4.79. The number of methoxy groups -OCH3 is 2. The lowest BCUT2D eigenvalue weighted by atomic mass is 10.1. The van der Waals surface area contributed by atoms with Crippen LogP contribution < -0.4 is 14.2 Å². The number of sulfonamides is 1. The minimum absolute atomic E-state index is 0.304. The molecule has 0 saturated heterocycles. The van der Waals surface area contributed by atoms with Crippen molar-refractivity contribution in [2.45, 2.75) is 0 Å². The van der Waals surface area contributed by atoms with Crippen molar-refractivity contribution in [3.05, 3.63) is 72.8 Å². The Morgan fingerprint density at radius 3 is 1.48 bits per heavy atom. The lowest BCUT2D eigenvalue weighted by Crippen LogP contribution is -2.11. The van der Waals surface area contributed by atoms with Gasteiger partial charge in [-0.15, -0.1) is 0 Å². The highest BCUT2D eigenvalue weighted by Crippen LogP contribution is 2.34. The van der Waals surface area contributed by atoms with Gasteiger partial charge in [0, 0.05) is 5.56 Å². The maximum atomic E-state index is 11.9. The first-order valence-electron chi connectivity index (χ1n) is 9.99. The second-order valence-corrected chi connectivity index (χ2v) is 8.88. The number of hydrogen-bond acceptors (Lipinski definition) is 7. The van der Waals surface area contributed by atoms with Gasteiger partial charge in [0.2, 0.25) is 10.0 Å². The van der Waals surface area contributed by atoms with Crippen molar-refractivity contribution in [2.75, 3.05) is 25.2 Å². The Morgan fingerprint density at radius 2 is 1.03 bits per heavy atom. The van der Waals surface area contributed by atoms with Crippen LogP contribution in [-0.4, -0.2) is 43.8 Å². The molecule has 0 amide bonds. The van der Waals surface area contributed by atoms with Crippen LogP contribution in [0.4, 0.5) is 5.69 Å². The van der Waals surface area contributed by atoms with E-state index < -0.39 is 10.0 Å². The topological polar surface area (TPSA) is 103 Å². The van der Waals surface area contributed by atoms with Crippen LogP contribution in [-0.2, 0) is 10.0 Å². The molecule has 4 rings (SSSR count). The van der Waals surface area contributed by atoms with Gasteiger partial charge in [0.05, 0.1) is 37.3 Å². The summed E-state index contributed by atoms with van der Waals surface area (Å²) in [6.45, 7) is 0. The summed E-state index contributed by atoms with van der Waals surface area (Å²) in [5.41, 5.74) is 2.22. The van der Waals surface area contributed by atoms with Gasteiger partial charge in [0.15, 0.2) is 17.5 Å². The number of benzene rings is 3. The van der Waals surface area contributed by atoms with Gasteiger partial charge >= 0.3 is 0 Å². The monoisotopic (exact) mass is 462 g/mol. The number of aromatic nitrogens is 3. The standard InChI is InChI=1S/C24H22N4O4S/c1-31-20-14-8-5-11-17(20)23-25-22(16-10-4-7-13-19(16)28-33(3,29)30)26-24(27-23)18-12-6-9-15-21(18)32-2/h4-15,28H,1-3H3. The van der Waals surface area contributed by atoms with Gasteiger partial charge in [-0.2, -0.15) is 0 Å². The summed E-state index contributed by atoms with van der Waals surface area (Å²) in [6, 6.07) is 21.7. The number of nitrogens with one attached hydrogen (secondary N) is 1. The first-order valence-corrected chi connectivity index (χ1v) is 11.9. The zero-order valence-corrected chi connectivity index (χ0v) is 19.1. The van der Waals surface area contributed by atoms with Crippen LogP contribution in [0.5, 0.6) is 11.5 Å². The third-order valence-corrected chi connectivity index (χ3v) is 5.39. The Kier molecular flexibility index (Phi) is 6.23. The van der Waals surface area contributed by atoms with Gasteiger partial charge in [0.25, 0.3) is 0 Å². The second-order valence-electron chi connectivity index (χ2n) is 7.13. The molecule has 1 aromatic heterocycles. The van der Waals surface area contributed by atoms with Gasteiger partial charge in [-0.25, -0.2) is 23.4 Å². The molecule has 0 bridgehead atoms. The lowest BCUT2D eigenvalue weighted by molar-refractivity contribution is 0.416. The largest absolute Gasteiger partial charge is 0.496 e. The van der Waals surface area contributed by atoms with Crippen LogP contribution in [0, 0.1) is 0 Å². The average molecular weight is 463 g/mol. The van der Waals surface area contributed by atoms with E-state index in [-0.39, 0.29) is 0 Å². The predicted molar refractivity (Wildman–Crippen MR) is 128 cm³/mol. The summed E-state index contributed by atoms with van der Waals surface area (Å²) in [4.78, 5) is 14.1. The van der Waals surface area contributed by atoms with Crippen molar-refractivity contribution in [1.82, 2.24) is 15.0 Å². The highest BCUT2D eigenvalue weighted by Gasteiger charge is 2.19. The SMILES string of the molecule is COc1ccccc1-c1nc(-c2ccccc2NS(C)(=O)=O)nc(-c2ccccc2OC)n1. The number of ether oxygens (including phenoxy) is 2. The summed E-state index contributed by atoms with van der Waals surface area (Å²) in [7, 11) is -0.361. The van der Waals surface area contributed by atoms with E-state index in [0.29, 0.717) is 51.3 Å². The Bertz CT molecular complexity index is 1340. The molecule has 0 atom stereocenters. The van der Waals surface area contributed by atoms with Crippen LogP contribution in [0.25, 0.3) is 34.2 Å². The molecule has 3 aromatic carbocycles. The number of rotatable bonds is 7. The molecule has 33 heavy (non-hydrogen) atoms. The molecular weight excluding hydrogens is 440 g/mol. The molecule has 0 radical (unpaired) electrons. The number of anilines is 1. The maximum absolute atomic E-state index is 11.9. The smallest absolute Gasteiger partial charge is 0.229 e. The number of nitrogens with zero attached hydrogens (tertiary/aromatic N) is 3. The van der Waals surface area contributed by atoms with Crippen molar-refractivity contribution in [2.24, 2.45) is 0 Å². The average Bonchev–Trinajstić information content (AvgIpc) is 2.83. The van der Waals surface area contributed by atoms with Crippen LogP contribution in [0.2, 0.25) is 0 Å². The second kappa shape index (κ2) is 9.25. The van der Waals surface area contributed by atoms with Gasteiger partial charge in [-0.1, -0.05) is 36.4 Å². The minimum Gasteiger partial charge on any atom is -0.496 e. The third kappa shape index (κ3) is 4.93. The fraction of sp³-hybridized carbons (Fsp3) is 0.125. The van der Waals surface area contributed by atoms with Gasteiger partial charge in [0.1, 0.15) is 11.5 Å². The molecule has 8 nitrogen and oxygen atoms in total. The molecule has 168 valence electrons. The molecule has 0 aliphatic rings. The van der Waals surface area contributed by atoms with Crippen LogP contribution in [0.15, 0.2) is 72.8 Å². The van der Waals surface area contributed by atoms with Gasteiger partial charge in [-0.05, 0) is 36.4 Å². The van der Waals surface area contributed by atoms with E-state index in [1.165, 1.54) is 0 Å². The molecule has 9 heteroatoms. The summed E-state index contributed by atoms with van der Waals surface area (Å²) in [5, 5.41) is 0. The van der Waals surface area contributed by atoms with Crippen LogP contribution >= 0.6 is 0 Å². The maximum Gasteiger partial charge on any atom is 0.229 e. The van der Waals surface area contributed by atoms with E-state index in [2.05, 4.69) is 14.7 Å². The summed E-state index contributed by atoms with van der Waals surface area (Å²) in [5.74, 6) is 2.27. The Labute approximate surface area is 192 Å². The summed E-state index contributed by atoms with van der Waals surface area (Å²) < 4.78 is 37.4. The molecule has 1 heterocycles. The van der Waals surface area contributed by atoms with Crippen molar-refractivity contribution < 1.29 is 17.9 Å². The summed E-state index contributed by atoms with van der Waals surface area (Å²) in [6.07, 6.45) is 1.09. The molecule has 0 aliphatic heterocycles. The van der Waals surface area contributed by atoms with Crippen molar-refractivity contribution in [3.63, 3.8) is 0 Å². The normalized spacial score (nSPS) is 11.1. The highest BCUT2D eigenvalue weighted by molar-refractivity contribution is 7.92. The molecule has 0 aliphatic carbocycles. The quantitative estimate of drug-likeness (QED) is 0.438. The highest BCUT2D eigenvalue weighted by atomic mass is 32.2. The fourth-order valence-electron chi connectivity index (χ4n) is 3.36. The fourth-order valence-corrected chi connectivity index (χ4v) is 3.94. The molecule has 4 aromatic rings.